The first-order chi connectivity index (χ1) is 20.3. The molecule has 0 aliphatic carbocycles. The van der Waals surface area contributed by atoms with Crippen LogP contribution in [0.2, 0.25) is 0 Å². The fraction of sp³-hybridized carbons (Fsp3) is 0.212. The maximum Gasteiger partial charge on any atom is 0.339 e. The topological polar surface area (TPSA) is 120 Å². The Bertz CT molecular complexity index is 1550. The first-order valence-electron chi connectivity index (χ1n) is 13.7. The molecule has 0 fully saturated rings. The van der Waals surface area contributed by atoms with Crippen LogP contribution in [0.5, 0.6) is 5.75 Å². The third kappa shape index (κ3) is 8.62. The zero-order valence-electron chi connectivity index (χ0n) is 23.3. The van der Waals surface area contributed by atoms with E-state index in [1.165, 1.54) is 52.9 Å². The lowest BCUT2D eigenvalue weighted by atomic mass is 10.1. The molecule has 0 radical (unpaired) electrons. The summed E-state index contributed by atoms with van der Waals surface area (Å²) in [6, 6.07) is 21.4. The van der Waals surface area contributed by atoms with E-state index in [2.05, 4.69) is 17.2 Å². The molecule has 4 aromatic rings. The number of aromatic hydroxyl groups is 1. The molecule has 0 atom stereocenters. The van der Waals surface area contributed by atoms with E-state index in [1.807, 2.05) is 54.6 Å². The number of nitrogens with one attached hydrogen (secondary N) is 1. The van der Waals surface area contributed by atoms with Gasteiger partial charge in [0, 0.05) is 23.7 Å². The van der Waals surface area contributed by atoms with E-state index >= 15 is 0 Å². The van der Waals surface area contributed by atoms with Crippen LogP contribution in [-0.2, 0) is 24.3 Å². The highest BCUT2D eigenvalue weighted by Gasteiger charge is 2.19. The van der Waals surface area contributed by atoms with Gasteiger partial charge in [0.1, 0.15) is 22.0 Å². The van der Waals surface area contributed by atoms with Gasteiger partial charge in [-0.05, 0) is 59.9 Å². The molecule has 0 unspecified atom stereocenters. The summed E-state index contributed by atoms with van der Waals surface area (Å²) in [5, 5.41) is 24.4. The molecule has 8 nitrogen and oxygen atoms in total. The van der Waals surface area contributed by atoms with Gasteiger partial charge in [-0.25, -0.2) is 9.78 Å². The highest BCUT2D eigenvalue weighted by Crippen LogP contribution is 2.22. The number of hydrogen-bond donors (Lipinski definition) is 3. The number of carboxylic acid groups (broad SMARTS) is 1. The number of carbonyl (C=O) groups excluding carboxylic acids is 2. The third-order valence-electron chi connectivity index (χ3n) is 6.59. The number of phenols is 1. The average molecular weight is 584 g/mol. The number of carbonyl (C=O) groups is 3. The van der Waals surface area contributed by atoms with E-state index in [4.69, 9.17) is 0 Å². The van der Waals surface area contributed by atoms with Gasteiger partial charge in [0.15, 0.2) is 0 Å². The normalized spacial score (nSPS) is 11.0. The number of carboxylic acids is 1. The Morgan fingerprint density at radius 1 is 0.952 bits per heavy atom. The number of benzene rings is 3. The fourth-order valence-electron chi connectivity index (χ4n) is 4.30. The summed E-state index contributed by atoms with van der Waals surface area (Å²) in [6.45, 7) is 2.35. The van der Waals surface area contributed by atoms with Gasteiger partial charge in [0.05, 0.1) is 6.54 Å². The van der Waals surface area contributed by atoms with Crippen molar-refractivity contribution in [1.82, 2.24) is 9.88 Å². The van der Waals surface area contributed by atoms with Crippen LogP contribution in [0.4, 0.5) is 5.69 Å². The third-order valence-corrected chi connectivity index (χ3v) is 7.42. The van der Waals surface area contributed by atoms with Gasteiger partial charge in [-0.1, -0.05) is 68.3 Å². The van der Waals surface area contributed by atoms with E-state index in [0.29, 0.717) is 16.3 Å². The number of aromatic nitrogens is 1. The highest BCUT2D eigenvalue weighted by atomic mass is 32.1. The molecule has 0 bridgehead atoms. The number of rotatable bonds is 13. The SMILES string of the molecule is CCCCCc1ccc(NC(=O)c2csc(CN(Cc3ccc(O)c(C(=O)O)c3)C(=O)/C=C/c3ccccc3)n2)cc1. The van der Waals surface area contributed by atoms with Crippen molar-refractivity contribution in [3.05, 3.63) is 117 Å². The van der Waals surface area contributed by atoms with Crippen LogP contribution >= 0.6 is 11.3 Å². The van der Waals surface area contributed by atoms with Crippen molar-refractivity contribution in [3.8, 4) is 5.75 Å². The highest BCUT2D eigenvalue weighted by molar-refractivity contribution is 7.09. The van der Waals surface area contributed by atoms with Gasteiger partial charge in [0.25, 0.3) is 5.91 Å². The molecule has 0 aliphatic rings. The molecule has 1 aromatic heterocycles. The quantitative estimate of drug-likeness (QED) is 0.118. The van der Waals surface area contributed by atoms with Crippen LogP contribution in [0.25, 0.3) is 6.08 Å². The van der Waals surface area contributed by atoms with Crippen LogP contribution in [-0.4, -0.2) is 37.9 Å². The Hall–Kier alpha value is -4.76. The van der Waals surface area contributed by atoms with Crippen molar-refractivity contribution >= 4 is 40.9 Å². The summed E-state index contributed by atoms with van der Waals surface area (Å²) in [5.41, 5.74) is 3.28. The second-order valence-electron chi connectivity index (χ2n) is 9.83. The number of anilines is 1. The molecule has 2 amide bonds. The lowest BCUT2D eigenvalue weighted by molar-refractivity contribution is -0.127. The molecule has 0 saturated heterocycles. The number of nitrogens with zero attached hydrogens (tertiary/aromatic N) is 2. The van der Waals surface area contributed by atoms with Crippen LogP contribution in [0.15, 0.2) is 84.3 Å². The minimum atomic E-state index is -1.27. The summed E-state index contributed by atoms with van der Waals surface area (Å²) < 4.78 is 0. The van der Waals surface area contributed by atoms with Gasteiger partial charge >= 0.3 is 5.97 Å². The van der Waals surface area contributed by atoms with Crippen molar-refractivity contribution in [2.45, 2.75) is 45.7 Å². The van der Waals surface area contributed by atoms with E-state index < -0.39 is 5.97 Å². The van der Waals surface area contributed by atoms with Gasteiger partial charge in [-0.15, -0.1) is 11.3 Å². The number of thiazole rings is 1. The van der Waals surface area contributed by atoms with Gasteiger partial charge < -0.3 is 20.4 Å². The molecule has 3 aromatic carbocycles. The largest absolute Gasteiger partial charge is 0.507 e. The minimum Gasteiger partial charge on any atom is -0.507 e. The van der Waals surface area contributed by atoms with E-state index in [-0.39, 0.29) is 41.9 Å². The maximum absolute atomic E-state index is 13.3. The first-order valence-corrected chi connectivity index (χ1v) is 14.6. The minimum absolute atomic E-state index is 0.0736. The number of amides is 2. The Balaban J connectivity index is 1.47. The molecular formula is C33H33N3O5S. The van der Waals surface area contributed by atoms with Gasteiger partial charge in [-0.2, -0.15) is 0 Å². The van der Waals surface area contributed by atoms with Crippen molar-refractivity contribution < 1.29 is 24.6 Å². The number of unbranched alkanes of at least 4 members (excludes halogenated alkanes) is 2. The summed E-state index contributed by atoms with van der Waals surface area (Å²) in [7, 11) is 0. The average Bonchev–Trinajstić information content (AvgIpc) is 3.47. The molecule has 0 aliphatic heterocycles. The van der Waals surface area contributed by atoms with Gasteiger partial charge in [-0.3, -0.25) is 9.59 Å². The molecule has 42 heavy (non-hydrogen) atoms. The molecule has 0 saturated carbocycles. The Morgan fingerprint density at radius 3 is 2.40 bits per heavy atom. The standard InChI is InChI=1S/C33H33N3O5S/c1-2-3-5-8-24-11-15-26(16-12-24)34-32(39)28-22-42-30(35-28)21-36(31(38)18-14-23-9-6-4-7-10-23)20-25-13-17-29(37)27(19-25)33(40)41/h4,6-7,9-19,22,37H,2-3,5,8,20-21H2,1H3,(H,34,39)(H,40,41)/b18-14+. The molecule has 9 heteroatoms. The van der Waals surface area contributed by atoms with Crippen LogP contribution in [0, 0.1) is 0 Å². The zero-order valence-corrected chi connectivity index (χ0v) is 24.1. The van der Waals surface area contributed by atoms with Crippen LogP contribution in [0.1, 0.15) is 68.7 Å². The van der Waals surface area contributed by atoms with Crippen molar-refractivity contribution in [1.29, 1.82) is 0 Å². The number of aryl methyl sites for hydroxylation is 1. The second-order valence-corrected chi connectivity index (χ2v) is 10.8. The summed E-state index contributed by atoms with van der Waals surface area (Å²) in [4.78, 5) is 43.7. The number of aromatic carboxylic acids is 1. The van der Waals surface area contributed by atoms with E-state index in [9.17, 15) is 24.6 Å². The molecule has 3 N–H and O–H groups in total. The Kier molecular flexibility index (Phi) is 10.6. The lowest BCUT2D eigenvalue weighted by Gasteiger charge is -2.20. The predicted octanol–water partition coefficient (Wildman–Crippen LogP) is 6.77. The Morgan fingerprint density at radius 2 is 1.69 bits per heavy atom. The van der Waals surface area contributed by atoms with Gasteiger partial charge in [0.2, 0.25) is 5.91 Å². The first kappa shape index (κ1) is 30.2. The van der Waals surface area contributed by atoms with Crippen molar-refractivity contribution in [2.75, 3.05) is 5.32 Å². The molecular weight excluding hydrogens is 550 g/mol. The molecule has 4 rings (SSSR count). The Labute approximate surface area is 249 Å². The molecule has 1 heterocycles. The van der Waals surface area contributed by atoms with Crippen molar-refractivity contribution in [2.24, 2.45) is 0 Å². The summed E-state index contributed by atoms with van der Waals surface area (Å²) >= 11 is 1.26. The molecule has 216 valence electrons. The monoisotopic (exact) mass is 583 g/mol. The van der Waals surface area contributed by atoms with E-state index in [0.717, 1.165) is 18.4 Å². The van der Waals surface area contributed by atoms with E-state index in [1.54, 1.807) is 17.5 Å². The van der Waals surface area contributed by atoms with Crippen LogP contribution < -0.4 is 5.32 Å². The fourth-order valence-corrected chi connectivity index (χ4v) is 5.09. The lowest BCUT2D eigenvalue weighted by Crippen LogP contribution is -2.28. The maximum atomic E-state index is 13.3. The second kappa shape index (κ2) is 14.7. The zero-order chi connectivity index (χ0) is 29.9. The molecule has 0 spiro atoms. The number of hydrogen-bond acceptors (Lipinski definition) is 6. The predicted molar refractivity (Wildman–Crippen MR) is 165 cm³/mol. The summed E-state index contributed by atoms with van der Waals surface area (Å²) in [5.74, 6) is -2.28. The van der Waals surface area contributed by atoms with Crippen LogP contribution in [0.3, 0.4) is 0 Å². The van der Waals surface area contributed by atoms with Crippen molar-refractivity contribution in [3.63, 3.8) is 0 Å². The smallest absolute Gasteiger partial charge is 0.339 e. The summed E-state index contributed by atoms with van der Waals surface area (Å²) in [6.07, 6.45) is 7.65.